The summed E-state index contributed by atoms with van der Waals surface area (Å²) in [7, 11) is 0. The molecule has 1 atom stereocenters. The van der Waals surface area contributed by atoms with Crippen molar-refractivity contribution in [1.29, 1.82) is 0 Å². The van der Waals surface area contributed by atoms with Crippen molar-refractivity contribution in [3.63, 3.8) is 0 Å². The molecule has 0 amide bonds. The molecule has 106 valence electrons. The highest BCUT2D eigenvalue weighted by atomic mass is 32.2. The molecule has 0 saturated heterocycles. The third-order valence-corrected chi connectivity index (χ3v) is 3.70. The highest BCUT2D eigenvalue weighted by Crippen LogP contribution is 2.34. The van der Waals surface area contributed by atoms with E-state index in [4.69, 9.17) is 10.2 Å². The van der Waals surface area contributed by atoms with Gasteiger partial charge in [-0.15, -0.1) is 11.8 Å². The highest BCUT2D eigenvalue weighted by molar-refractivity contribution is 7.99. The van der Waals surface area contributed by atoms with Gasteiger partial charge in [-0.3, -0.25) is 0 Å². The van der Waals surface area contributed by atoms with Crippen molar-refractivity contribution in [1.82, 2.24) is 0 Å². The van der Waals surface area contributed by atoms with Gasteiger partial charge in [0, 0.05) is 17.3 Å². The largest absolute Gasteiger partial charge is 0.478 e. The smallest absolute Gasteiger partial charge is 0.417 e. The molecular weight excluding hydrogens is 281 g/mol. The number of carbonyl (C=O) groups is 1. The number of aromatic carboxylic acids is 1. The van der Waals surface area contributed by atoms with Crippen LogP contribution in [0.5, 0.6) is 0 Å². The monoisotopic (exact) mass is 294 g/mol. The van der Waals surface area contributed by atoms with Crippen molar-refractivity contribution >= 4 is 17.7 Å². The molecule has 0 aliphatic carbocycles. The molecule has 19 heavy (non-hydrogen) atoms. The van der Waals surface area contributed by atoms with Crippen LogP contribution in [0.2, 0.25) is 0 Å². The van der Waals surface area contributed by atoms with Crippen LogP contribution in [0.25, 0.3) is 0 Å². The Morgan fingerprint density at radius 3 is 2.53 bits per heavy atom. The van der Waals surface area contributed by atoms with E-state index in [1.54, 1.807) is 6.92 Å². The minimum atomic E-state index is -4.69. The Morgan fingerprint density at radius 1 is 1.42 bits per heavy atom. The maximum Gasteiger partial charge on any atom is 0.417 e. The quantitative estimate of drug-likeness (QED) is 0.819. The first-order valence-corrected chi connectivity index (χ1v) is 6.42. The zero-order valence-electron chi connectivity index (χ0n) is 10.1. The lowest BCUT2D eigenvalue weighted by atomic mass is 10.1. The van der Waals surface area contributed by atoms with Gasteiger partial charge in [0.2, 0.25) is 0 Å². The number of alkyl halides is 3. The van der Waals surface area contributed by atoms with E-state index in [0.29, 0.717) is 10.6 Å². The first-order valence-electron chi connectivity index (χ1n) is 5.44. The van der Waals surface area contributed by atoms with Crippen LogP contribution in [0.15, 0.2) is 23.1 Å². The van der Waals surface area contributed by atoms with Crippen LogP contribution >= 0.6 is 11.8 Å². The highest BCUT2D eigenvalue weighted by Gasteiger charge is 2.35. The van der Waals surface area contributed by atoms with Gasteiger partial charge in [0.05, 0.1) is 11.1 Å². The standard InChI is InChI=1S/C12H13F3O3S/c1-7(5-16)6-19-8-2-3-10(12(13,14)15)9(4-8)11(17)18/h2-4,7,16H,5-6H2,1H3,(H,17,18). The average Bonchev–Trinajstić information content (AvgIpc) is 2.34. The van der Waals surface area contributed by atoms with Crippen LogP contribution in [0.4, 0.5) is 13.2 Å². The Labute approximate surface area is 112 Å². The molecule has 7 heteroatoms. The van der Waals surface area contributed by atoms with Gasteiger partial charge in [0.25, 0.3) is 0 Å². The molecule has 1 aromatic carbocycles. The Hall–Kier alpha value is -1.21. The number of carboxylic acids is 1. The number of rotatable bonds is 5. The zero-order chi connectivity index (χ0) is 14.6. The number of thioether (sulfide) groups is 1. The normalized spacial score (nSPS) is 13.3. The molecule has 0 bridgehead atoms. The number of aliphatic hydroxyl groups excluding tert-OH is 1. The van der Waals surface area contributed by atoms with E-state index in [1.165, 1.54) is 17.8 Å². The van der Waals surface area contributed by atoms with Crippen LogP contribution in [-0.2, 0) is 6.18 Å². The lowest BCUT2D eigenvalue weighted by Crippen LogP contribution is -2.13. The summed E-state index contributed by atoms with van der Waals surface area (Å²) in [4.78, 5) is 11.3. The van der Waals surface area contributed by atoms with Crippen molar-refractivity contribution < 1.29 is 28.2 Å². The molecule has 1 rings (SSSR count). The third kappa shape index (κ3) is 4.43. The zero-order valence-corrected chi connectivity index (χ0v) is 10.9. The second kappa shape index (κ2) is 6.29. The van der Waals surface area contributed by atoms with Gasteiger partial charge < -0.3 is 10.2 Å². The number of hydrogen-bond acceptors (Lipinski definition) is 3. The fourth-order valence-corrected chi connectivity index (χ4v) is 2.28. The number of aliphatic hydroxyl groups is 1. The molecule has 0 aliphatic heterocycles. The second-order valence-corrected chi connectivity index (χ2v) is 5.20. The lowest BCUT2D eigenvalue weighted by Gasteiger charge is -2.12. The SMILES string of the molecule is CC(CO)CSc1ccc(C(F)(F)F)c(C(=O)O)c1. The summed E-state index contributed by atoms with van der Waals surface area (Å²) in [5.74, 6) is -1.12. The van der Waals surface area contributed by atoms with Gasteiger partial charge >= 0.3 is 12.1 Å². The first kappa shape index (κ1) is 15.8. The first-order chi connectivity index (χ1) is 8.75. The summed E-state index contributed by atoms with van der Waals surface area (Å²) in [6.45, 7) is 1.76. The summed E-state index contributed by atoms with van der Waals surface area (Å²) >= 11 is 1.21. The molecule has 0 radical (unpaired) electrons. The molecule has 0 aliphatic rings. The molecule has 1 aromatic rings. The van der Waals surface area contributed by atoms with Crippen molar-refractivity contribution in [2.45, 2.75) is 18.0 Å². The van der Waals surface area contributed by atoms with Crippen molar-refractivity contribution in [3.05, 3.63) is 29.3 Å². The van der Waals surface area contributed by atoms with Crippen molar-refractivity contribution in [2.24, 2.45) is 5.92 Å². The minimum Gasteiger partial charge on any atom is -0.478 e. The molecule has 0 heterocycles. The second-order valence-electron chi connectivity index (χ2n) is 4.11. The minimum absolute atomic E-state index is 0.0134. The summed E-state index contributed by atoms with van der Waals surface area (Å²) in [6, 6.07) is 3.03. The van der Waals surface area contributed by atoms with Gasteiger partial charge in [0.15, 0.2) is 0 Å². The van der Waals surface area contributed by atoms with Crippen LogP contribution in [0, 0.1) is 5.92 Å². The Morgan fingerprint density at radius 2 is 2.05 bits per heavy atom. The molecular formula is C12H13F3O3S. The van der Waals surface area contributed by atoms with E-state index in [9.17, 15) is 18.0 Å². The fourth-order valence-electron chi connectivity index (χ4n) is 1.33. The lowest BCUT2D eigenvalue weighted by molar-refractivity contribution is -0.138. The van der Waals surface area contributed by atoms with Gasteiger partial charge in [-0.1, -0.05) is 6.92 Å². The van der Waals surface area contributed by atoms with Gasteiger partial charge in [0.1, 0.15) is 0 Å². The van der Waals surface area contributed by atoms with Gasteiger partial charge in [-0.25, -0.2) is 4.79 Å². The van der Waals surface area contributed by atoms with Gasteiger partial charge in [-0.05, 0) is 24.1 Å². The molecule has 3 nitrogen and oxygen atoms in total. The number of benzene rings is 1. The van der Waals surface area contributed by atoms with E-state index in [2.05, 4.69) is 0 Å². The summed E-state index contributed by atoms with van der Waals surface area (Å²) in [6.07, 6.45) is -4.69. The number of carboxylic acid groups (broad SMARTS) is 1. The Balaban J connectivity index is 3.00. The predicted octanol–water partition coefficient (Wildman–Crippen LogP) is 3.12. The maximum atomic E-state index is 12.6. The molecule has 0 saturated carbocycles. The predicted molar refractivity (Wildman–Crippen MR) is 65.4 cm³/mol. The average molecular weight is 294 g/mol. The summed E-state index contributed by atoms with van der Waals surface area (Å²) < 4.78 is 37.8. The van der Waals surface area contributed by atoms with Crippen LogP contribution in [-0.4, -0.2) is 28.5 Å². The molecule has 0 fully saturated rings. The fraction of sp³-hybridized carbons (Fsp3) is 0.417. The van der Waals surface area contributed by atoms with Crippen LogP contribution < -0.4 is 0 Å². The summed E-state index contributed by atoms with van der Waals surface area (Å²) in [5, 5.41) is 17.7. The maximum absolute atomic E-state index is 12.6. The Bertz CT molecular complexity index is 460. The molecule has 0 aromatic heterocycles. The summed E-state index contributed by atoms with van der Waals surface area (Å²) in [5.41, 5.74) is -1.91. The van der Waals surface area contributed by atoms with E-state index >= 15 is 0 Å². The van der Waals surface area contributed by atoms with E-state index < -0.39 is 23.3 Å². The molecule has 2 N–H and O–H groups in total. The molecule has 0 spiro atoms. The number of hydrogen-bond donors (Lipinski definition) is 2. The number of halogens is 3. The van der Waals surface area contributed by atoms with Crippen molar-refractivity contribution in [2.75, 3.05) is 12.4 Å². The van der Waals surface area contributed by atoms with E-state index in [1.807, 2.05) is 0 Å². The van der Waals surface area contributed by atoms with Crippen LogP contribution in [0.1, 0.15) is 22.8 Å². The van der Waals surface area contributed by atoms with Crippen molar-refractivity contribution in [3.8, 4) is 0 Å². The van der Waals surface area contributed by atoms with Crippen LogP contribution in [0.3, 0.4) is 0 Å². The van der Waals surface area contributed by atoms with E-state index in [0.717, 1.165) is 12.1 Å². The third-order valence-electron chi connectivity index (χ3n) is 2.37. The Kier molecular flexibility index (Phi) is 5.25. The van der Waals surface area contributed by atoms with E-state index in [-0.39, 0.29) is 12.5 Å². The topological polar surface area (TPSA) is 57.5 Å². The molecule has 1 unspecified atom stereocenters. The van der Waals surface area contributed by atoms with Gasteiger partial charge in [-0.2, -0.15) is 13.2 Å².